The second kappa shape index (κ2) is 4.35. The van der Waals surface area contributed by atoms with Crippen molar-refractivity contribution in [1.82, 2.24) is 4.57 Å². The van der Waals surface area contributed by atoms with E-state index >= 15 is 0 Å². The first kappa shape index (κ1) is 12.5. The summed E-state index contributed by atoms with van der Waals surface area (Å²) in [5, 5.41) is 1.63. The maximum atomic E-state index is 11.6. The van der Waals surface area contributed by atoms with Crippen molar-refractivity contribution in [1.29, 1.82) is 0 Å². The maximum Gasteiger partial charge on any atom is 0.155 e. The minimum atomic E-state index is -3.01. The molecule has 2 rings (SSSR count). The second-order valence-corrected chi connectivity index (χ2v) is 6.86. The average Bonchev–Trinajstić information content (AvgIpc) is 2.55. The first-order valence-electron chi connectivity index (χ1n) is 5.37. The molecular weight excluding hydrogens is 258 g/mol. The molecule has 0 spiro atoms. The molecule has 0 aliphatic carbocycles. The van der Waals surface area contributed by atoms with E-state index < -0.39 is 9.84 Å². The van der Waals surface area contributed by atoms with Crippen LogP contribution in [-0.2, 0) is 22.6 Å². The third-order valence-electron chi connectivity index (χ3n) is 2.91. The van der Waals surface area contributed by atoms with Gasteiger partial charge < -0.3 is 4.57 Å². The van der Waals surface area contributed by atoms with Crippen LogP contribution in [0, 0.1) is 0 Å². The number of aromatic nitrogens is 1. The summed E-state index contributed by atoms with van der Waals surface area (Å²) in [5.74, 6) is 0.238. The Kier molecular flexibility index (Phi) is 3.19. The Balaban J connectivity index is 2.53. The van der Waals surface area contributed by atoms with Gasteiger partial charge in [-0.05, 0) is 24.3 Å². The molecule has 1 aromatic heterocycles. The smallest absolute Gasteiger partial charge is 0.155 e. The van der Waals surface area contributed by atoms with E-state index in [-0.39, 0.29) is 11.5 Å². The summed E-state index contributed by atoms with van der Waals surface area (Å²) in [6.07, 6.45) is 0. The van der Waals surface area contributed by atoms with E-state index in [0.717, 1.165) is 16.6 Å². The summed E-state index contributed by atoms with van der Waals surface area (Å²) in [5.41, 5.74) is 1.79. The zero-order valence-electron chi connectivity index (χ0n) is 9.77. The van der Waals surface area contributed by atoms with Crippen molar-refractivity contribution in [2.75, 3.05) is 5.75 Å². The quantitative estimate of drug-likeness (QED) is 0.861. The number of aryl methyl sites for hydroxylation is 1. The van der Waals surface area contributed by atoms with Crippen molar-refractivity contribution in [2.45, 2.75) is 12.7 Å². The van der Waals surface area contributed by atoms with Crippen LogP contribution in [0.15, 0.2) is 24.3 Å². The third-order valence-corrected chi connectivity index (χ3v) is 4.76. The van der Waals surface area contributed by atoms with Gasteiger partial charge in [0, 0.05) is 34.4 Å². The van der Waals surface area contributed by atoms with E-state index in [2.05, 4.69) is 0 Å². The van der Waals surface area contributed by atoms with Crippen LogP contribution in [0.1, 0.15) is 12.6 Å². The number of benzene rings is 1. The topological polar surface area (TPSA) is 39.1 Å². The van der Waals surface area contributed by atoms with Gasteiger partial charge in [-0.2, -0.15) is 0 Å². The minimum absolute atomic E-state index is 0.0757. The van der Waals surface area contributed by atoms with E-state index in [9.17, 15) is 8.42 Å². The lowest BCUT2D eigenvalue weighted by atomic mass is 10.2. The Morgan fingerprint density at radius 2 is 2.00 bits per heavy atom. The van der Waals surface area contributed by atoms with Crippen LogP contribution in [0.2, 0.25) is 5.02 Å². The molecule has 0 fully saturated rings. The van der Waals surface area contributed by atoms with Gasteiger partial charge in [0.2, 0.25) is 0 Å². The van der Waals surface area contributed by atoms with Crippen molar-refractivity contribution < 1.29 is 8.42 Å². The molecule has 0 amide bonds. The molecule has 17 heavy (non-hydrogen) atoms. The van der Waals surface area contributed by atoms with E-state index in [4.69, 9.17) is 11.6 Å². The molecule has 1 aromatic carbocycles. The van der Waals surface area contributed by atoms with E-state index in [1.54, 1.807) is 6.92 Å². The first-order valence-corrected chi connectivity index (χ1v) is 7.57. The van der Waals surface area contributed by atoms with E-state index in [1.165, 1.54) is 0 Å². The summed E-state index contributed by atoms with van der Waals surface area (Å²) in [7, 11) is -1.13. The lowest BCUT2D eigenvalue weighted by molar-refractivity contribution is 0.595. The molecule has 0 bridgehead atoms. The molecule has 92 valence electrons. The SMILES string of the molecule is CCS(=O)(=O)Cc1cc2cc(Cl)ccc2n1C. The van der Waals surface area contributed by atoms with Gasteiger partial charge in [0.25, 0.3) is 0 Å². The molecule has 0 saturated heterocycles. The van der Waals surface area contributed by atoms with Gasteiger partial charge in [-0.25, -0.2) is 8.42 Å². The third kappa shape index (κ3) is 2.48. The summed E-state index contributed by atoms with van der Waals surface area (Å²) >= 11 is 5.91. The number of hydrogen-bond acceptors (Lipinski definition) is 2. The van der Waals surface area contributed by atoms with Crippen molar-refractivity contribution >= 4 is 32.3 Å². The summed E-state index contributed by atoms with van der Waals surface area (Å²) in [4.78, 5) is 0. The Bertz CT molecular complexity index is 658. The number of halogens is 1. The molecular formula is C12H14ClNO2S. The fourth-order valence-electron chi connectivity index (χ4n) is 1.84. The van der Waals surface area contributed by atoms with Crippen LogP contribution in [0.25, 0.3) is 10.9 Å². The standard InChI is InChI=1S/C12H14ClNO2S/c1-3-17(15,16)8-11-7-9-6-10(13)4-5-12(9)14(11)2/h4-7H,3,8H2,1-2H3. The fraction of sp³-hybridized carbons (Fsp3) is 0.333. The zero-order valence-corrected chi connectivity index (χ0v) is 11.3. The van der Waals surface area contributed by atoms with Gasteiger partial charge in [0.15, 0.2) is 9.84 Å². The number of sulfone groups is 1. The Morgan fingerprint density at radius 1 is 1.29 bits per heavy atom. The Hall–Kier alpha value is -1.00. The van der Waals surface area contributed by atoms with Gasteiger partial charge in [-0.1, -0.05) is 18.5 Å². The normalized spacial score (nSPS) is 12.2. The lowest BCUT2D eigenvalue weighted by Crippen LogP contribution is -2.09. The summed E-state index contributed by atoms with van der Waals surface area (Å²) < 4.78 is 25.2. The Morgan fingerprint density at radius 3 is 2.65 bits per heavy atom. The van der Waals surface area contributed by atoms with E-state index in [1.807, 2.05) is 35.9 Å². The lowest BCUT2D eigenvalue weighted by Gasteiger charge is -2.04. The predicted molar refractivity (Wildman–Crippen MR) is 71.1 cm³/mol. The molecule has 0 unspecified atom stereocenters. The number of hydrogen-bond donors (Lipinski definition) is 0. The van der Waals surface area contributed by atoms with Crippen molar-refractivity contribution in [3.8, 4) is 0 Å². The van der Waals surface area contributed by atoms with Crippen LogP contribution >= 0.6 is 11.6 Å². The van der Waals surface area contributed by atoms with Gasteiger partial charge >= 0.3 is 0 Å². The molecule has 0 N–H and O–H groups in total. The highest BCUT2D eigenvalue weighted by molar-refractivity contribution is 7.90. The first-order chi connectivity index (χ1) is 7.93. The molecule has 0 aliphatic heterocycles. The molecule has 3 nitrogen and oxygen atoms in total. The van der Waals surface area contributed by atoms with Gasteiger partial charge in [-0.3, -0.25) is 0 Å². The molecule has 5 heteroatoms. The van der Waals surface area contributed by atoms with Gasteiger partial charge in [0.1, 0.15) is 0 Å². The van der Waals surface area contributed by atoms with Crippen LogP contribution in [-0.4, -0.2) is 18.7 Å². The zero-order chi connectivity index (χ0) is 12.6. The van der Waals surface area contributed by atoms with Crippen LogP contribution in [0.4, 0.5) is 0 Å². The van der Waals surface area contributed by atoms with Crippen molar-refractivity contribution in [3.05, 3.63) is 35.0 Å². The number of nitrogens with zero attached hydrogens (tertiary/aromatic N) is 1. The van der Waals surface area contributed by atoms with Crippen molar-refractivity contribution in [2.24, 2.45) is 7.05 Å². The molecule has 2 aromatic rings. The molecule has 0 atom stereocenters. The molecule has 0 saturated carbocycles. The highest BCUT2D eigenvalue weighted by atomic mass is 35.5. The van der Waals surface area contributed by atoms with Crippen LogP contribution < -0.4 is 0 Å². The minimum Gasteiger partial charge on any atom is -0.347 e. The largest absolute Gasteiger partial charge is 0.347 e. The second-order valence-electron chi connectivity index (χ2n) is 4.07. The van der Waals surface area contributed by atoms with Crippen LogP contribution in [0.5, 0.6) is 0 Å². The van der Waals surface area contributed by atoms with Crippen LogP contribution in [0.3, 0.4) is 0 Å². The summed E-state index contributed by atoms with van der Waals surface area (Å²) in [6, 6.07) is 7.44. The van der Waals surface area contributed by atoms with Gasteiger partial charge in [0.05, 0.1) is 5.75 Å². The predicted octanol–water partition coefficient (Wildman–Crippen LogP) is 2.77. The van der Waals surface area contributed by atoms with Crippen molar-refractivity contribution in [3.63, 3.8) is 0 Å². The molecule has 0 aliphatic rings. The average molecular weight is 272 g/mol. The number of fused-ring (bicyclic) bond motifs is 1. The molecule has 1 heterocycles. The molecule has 0 radical (unpaired) electrons. The monoisotopic (exact) mass is 271 g/mol. The van der Waals surface area contributed by atoms with E-state index in [0.29, 0.717) is 5.02 Å². The van der Waals surface area contributed by atoms with Gasteiger partial charge in [-0.15, -0.1) is 0 Å². The number of rotatable bonds is 3. The fourth-order valence-corrected chi connectivity index (χ4v) is 2.96. The highest BCUT2D eigenvalue weighted by Crippen LogP contribution is 2.23. The highest BCUT2D eigenvalue weighted by Gasteiger charge is 2.13. The summed E-state index contributed by atoms with van der Waals surface area (Å²) in [6.45, 7) is 1.66. The Labute approximate surface area is 106 Å². The maximum absolute atomic E-state index is 11.6.